The molecular weight excluding hydrogens is 396 g/mol. The Bertz CT molecular complexity index is 1450. The molecule has 0 radical (unpaired) electrons. The Balaban J connectivity index is 1.36. The minimum atomic E-state index is 0.515. The summed E-state index contributed by atoms with van der Waals surface area (Å²) in [5.41, 5.74) is 4.01. The van der Waals surface area contributed by atoms with E-state index in [4.69, 9.17) is 14.7 Å². The molecular formula is C27H22N4O. The number of benzene rings is 4. The van der Waals surface area contributed by atoms with E-state index in [1.165, 1.54) is 21.5 Å². The number of hydrogen-bond donors (Lipinski definition) is 2. The zero-order chi connectivity index (χ0) is 21.3. The van der Waals surface area contributed by atoms with Crippen LogP contribution in [0.1, 0.15) is 11.3 Å². The van der Waals surface area contributed by atoms with Crippen LogP contribution in [0.15, 0.2) is 84.9 Å². The maximum absolute atomic E-state index is 5.71. The number of nitrogens with zero attached hydrogens (tertiary/aromatic N) is 2. The average molecular weight is 419 g/mol. The molecule has 0 bridgehead atoms. The van der Waals surface area contributed by atoms with E-state index >= 15 is 0 Å². The van der Waals surface area contributed by atoms with Crippen LogP contribution in [0.4, 0.5) is 23.1 Å². The molecule has 6 rings (SSSR count). The fourth-order valence-electron chi connectivity index (χ4n) is 4.19. The van der Waals surface area contributed by atoms with Gasteiger partial charge in [-0.25, -0.2) is 4.98 Å². The van der Waals surface area contributed by atoms with Crippen LogP contribution in [0.5, 0.6) is 0 Å². The van der Waals surface area contributed by atoms with Crippen molar-refractivity contribution < 1.29 is 4.74 Å². The van der Waals surface area contributed by atoms with Gasteiger partial charge in [0.1, 0.15) is 5.82 Å². The lowest BCUT2D eigenvalue weighted by Gasteiger charge is -2.20. The molecule has 0 saturated carbocycles. The topological polar surface area (TPSA) is 59.1 Å². The number of ether oxygens (including phenoxy) is 1. The van der Waals surface area contributed by atoms with E-state index in [2.05, 4.69) is 89.5 Å². The van der Waals surface area contributed by atoms with Gasteiger partial charge in [-0.3, -0.25) is 0 Å². The van der Waals surface area contributed by atoms with Crippen molar-refractivity contribution >= 4 is 44.7 Å². The monoisotopic (exact) mass is 418 g/mol. The molecule has 32 heavy (non-hydrogen) atoms. The predicted octanol–water partition coefficient (Wildman–Crippen LogP) is 6.34. The zero-order valence-electron chi connectivity index (χ0n) is 17.5. The largest absolute Gasteiger partial charge is 0.376 e. The van der Waals surface area contributed by atoms with Gasteiger partial charge < -0.3 is 15.4 Å². The van der Waals surface area contributed by atoms with E-state index in [0.29, 0.717) is 19.2 Å². The van der Waals surface area contributed by atoms with Gasteiger partial charge in [-0.2, -0.15) is 4.98 Å². The van der Waals surface area contributed by atoms with Crippen LogP contribution in [-0.2, 0) is 17.8 Å². The lowest BCUT2D eigenvalue weighted by molar-refractivity contribution is 0.109. The molecule has 4 aromatic carbocycles. The van der Waals surface area contributed by atoms with Crippen molar-refractivity contribution in [3.63, 3.8) is 0 Å². The summed E-state index contributed by atoms with van der Waals surface area (Å²) in [4.78, 5) is 9.62. The molecule has 156 valence electrons. The lowest BCUT2D eigenvalue weighted by atomic mass is 10.1. The first-order valence-corrected chi connectivity index (χ1v) is 10.8. The summed E-state index contributed by atoms with van der Waals surface area (Å²) in [5, 5.41) is 11.7. The van der Waals surface area contributed by atoms with Gasteiger partial charge in [0, 0.05) is 23.4 Å². The predicted molar refractivity (Wildman–Crippen MR) is 130 cm³/mol. The van der Waals surface area contributed by atoms with Gasteiger partial charge in [-0.1, -0.05) is 60.7 Å². The third-order valence-electron chi connectivity index (χ3n) is 5.84. The molecule has 1 aliphatic heterocycles. The minimum Gasteiger partial charge on any atom is -0.376 e. The molecule has 1 aliphatic rings. The summed E-state index contributed by atoms with van der Waals surface area (Å²) < 4.78 is 5.71. The number of hydrogen-bond acceptors (Lipinski definition) is 5. The Kier molecular flexibility index (Phi) is 4.66. The molecule has 5 nitrogen and oxygen atoms in total. The normalized spacial score (nSPS) is 13.1. The highest BCUT2D eigenvalue weighted by Crippen LogP contribution is 2.29. The van der Waals surface area contributed by atoms with Crippen LogP contribution in [0.25, 0.3) is 21.5 Å². The number of fused-ring (bicyclic) bond motifs is 3. The van der Waals surface area contributed by atoms with Crippen LogP contribution < -0.4 is 10.6 Å². The van der Waals surface area contributed by atoms with Crippen molar-refractivity contribution in [2.24, 2.45) is 0 Å². The van der Waals surface area contributed by atoms with Gasteiger partial charge in [0.2, 0.25) is 5.95 Å². The SMILES string of the molecule is c1ccc2cc(Nc3nc4c(c(Nc5ccc6ccccc6c5)n3)COCC4)ccc2c1. The Labute approximate surface area is 186 Å². The smallest absolute Gasteiger partial charge is 0.229 e. The van der Waals surface area contributed by atoms with Gasteiger partial charge in [0.15, 0.2) is 0 Å². The Morgan fingerprint density at radius 1 is 0.656 bits per heavy atom. The lowest BCUT2D eigenvalue weighted by Crippen LogP contribution is -2.16. The molecule has 5 aromatic rings. The highest BCUT2D eigenvalue weighted by atomic mass is 16.5. The number of nitrogens with one attached hydrogen (secondary N) is 2. The second-order valence-corrected chi connectivity index (χ2v) is 8.00. The Hall–Kier alpha value is -3.96. The fourth-order valence-corrected chi connectivity index (χ4v) is 4.19. The van der Waals surface area contributed by atoms with Crippen LogP contribution in [0.2, 0.25) is 0 Å². The molecule has 0 saturated heterocycles. The second kappa shape index (κ2) is 7.94. The summed E-state index contributed by atoms with van der Waals surface area (Å²) in [5.74, 6) is 1.37. The van der Waals surface area contributed by atoms with Crippen LogP contribution >= 0.6 is 0 Å². The van der Waals surface area contributed by atoms with Crippen molar-refractivity contribution in [1.82, 2.24) is 9.97 Å². The summed E-state index contributed by atoms with van der Waals surface area (Å²) >= 11 is 0. The fraction of sp³-hybridized carbons (Fsp3) is 0.111. The first kappa shape index (κ1) is 18.8. The summed E-state index contributed by atoms with van der Waals surface area (Å²) in [6, 6.07) is 29.3. The van der Waals surface area contributed by atoms with Crippen LogP contribution in [-0.4, -0.2) is 16.6 Å². The number of anilines is 4. The Morgan fingerprint density at radius 2 is 1.28 bits per heavy atom. The highest BCUT2D eigenvalue weighted by Gasteiger charge is 2.19. The third-order valence-corrected chi connectivity index (χ3v) is 5.84. The molecule has 0 aliphatic carbocycles. The summed E-state index contributed by atoms with van der Waals surface area (Å²) in [6.07, 6.45) is 0.774. The first-order chi connectivity index (χ1) is 15.8. The standard InChI is InChI=1S/C27H22N4O/c1-3-7-20-15-22(11-9-18(20)5-1)28-26-24-17-32-14-13-25(24)30-27(31-26)29-23-12-10-19-6-2-4-8-21(19)16-23/h1-12,15-16H,13-14,17H2,(H2,28,29,30,31). The summed E-state index contributed by atoms with van der Waals surface area (Å²) in [6.45, 7) is 1.19. The van der Waals surface area contributed by atoms with E-state index in [1.54, 1.807) is 0 Å². The van der Waals surface area contributed by atoms with Crippen LogP contribution in [0, 0.1) is 0 Å². The van der Waals surface area contributed by atoms with E-state index in [1.807, 2.05) is 6.07 Å². The van der Waals surface area contributed by atoms with E-state index in [0.717, 1.165) is 34.9 Å². The first-order valence-electron chi connectivity index (χ1n) is 10.8. The maximum Gasteiger partial charge on any atom is 0.229 e. The molecule has 1 aromatic heterocycles. The molecule has 5 heteroatoms. The van der Waals surface area contributed by atoms with Crippen molar-refractivity contribution in [3.05, 3.63) is 96.2 Å². The molecule has 0 fully saturated rings. The van der Waals surface area contributed by atoms with Crippen LogP contribution in [0.3, 0.4) is 0 Å². The second-order valence-electron chi connectivity index (χ2n) is 8.00. The van der Waals surface area contributed by atoms with Gasteiger partial charge in [0.05, 0.1) is 18.9 Å². The van der Waals surface area contributed by atoms with E-state index in [9.17, 15) is 0 Å². The Morgan fingerprint density at radius 3 is 1.97 bits per heavy atom. The molecule has 0 atom stereocenters. The van der Waals surface area contributed by atoms with Gasteiger partial charge in [0.25, 0.3) is 0 Å². The summed E-state index contributed by atoms with van der Waals surface area (Å²) in [7, 11) is 0. The van der Waals surface area contributed by atoms with Crippen molar-refractivity contribution in [1.29, 1.82) is 0 Å². The van der Waals surface area contributed by atoms with Crippen molar-refractivity contribution in [3.8, 4) is 0 Å². The van der Waals surface area contributed by atoms with Gasteiger partial charge in [-0.15, -0.1) is 0 Å². The molecule has 0 amide bonds. The van der Waals surface area contributed by atoms with E-state index in [-0.39, 0.29) is 0 Å². The minimum absolute atomic E-state index is 0.515. The molecule has 2 N–H and O–H groups in total. The molecule has 0 spiro atoms. The average Bonchev–Trinajstić information content (AvgIpc) is 2.84. The third kappa shape index (κ3) is 3.63. The van der Waals surface area contributed by atoms with E-state index < -0.39 is 0 Å². The van der Waals surface area contributed by atoms with Crippen molar-refractivity contribution in [2.75, 3.05) is 17.2 Å². The quantitative estimate of drug-likeness (QED) is 0.356. The molecule has 2 heterocycles. The van der Waals surface area contributed by atoms with Gasteiger partial charge >= 0.3 is 0 Å². The van der Waals surface area contributed by atoms with Crippen molar-refractivity contribution in [2.45, 2.75) is 13.0 Å². The molecule has 0 unspecified atom stereocenters. The number of rotatable bonds is 4. The van der Waals surface area contributed by atoms with Gasteiger partial charge in [-0.05, 0) is 45.8 Å². The zero-order valence-corrected chi connectivity index (χ0v) is 17.5. The maximum atomic E-state index is 5.71. The highest BCUT2D eigenvalue weighted by molar-refractivity contribution is 5.87. The number of aromatic nitrogens is 2.